The van der Waals surface area contributed by atoms with Gasteiger partial charge in [0.2, 0.25) is 0 Å². The first-order valence-corrected chi connectivity index (χ1v) is 9.21. The van der Waals surface area contributed by atoms with Crippen LogP contribution in [0.1, 0.15) is 38.2 Å². The van der Waals surface area contributed by atoms with Crippen molar-refractivity contribution in [3.05, 3.63) is 64.2 Å². The smallest absolute Gasteiger partial charge is 0.259 e. The number of hydrogen-bond acceptors (Lipinski definition) is 3. The fraction of sp³-hybridized carbons (Fsp3) is 0.333. The Kier molecular flexibility index (Phi) is 5.78. The third-order valence-electron chi connectivity index (χ3n) is 4.66. The van der Waals surface area contributed by atoms with Crippen molar-refractivity contribution in [2.24, 2.45) is 0 Å². The van der Waals surface area contributed by atoms with Gasteiger partial charge in [0.05, 0.1) is 10.9 Å². The van der Waals surface area contributed by atoms with Gasteiger partial charge in [-0.05, 0) is 55.6 Å². The van der Waals surface area contributed by atoms with E-state index in [2.05, 4.69) is 27.4 Å². The largest absolute Gasteiger partial charge is 0.317 e. The van der Waals surface area contributed by atoms with Crippen molar-refractivity contribution in [1.29, 1.82) is 0 Å². The van der Waals surface area contributed by atoms with Gasteiger partial charge in [0, 0.05) is 5.56 Å². The molecule has 0 spiro atoms. The molecule has 0 bridgehead atoms. The summed E-state index contributed by atoms with van der Waals surface area (Å²) in [5.41, 5.74) is 2.36. The summed E-state index contributed by atoms with van der Waals surface area (Å²) in [4.78, 5) is 19.4. The molecule has 0 aliphatic carbocycles. The summed E-state index contributed by atoms with van der Waals surface area (Å²) in [6, 6.07) is 12.3. The molecule has 0 unspecified atom stereocenters. The number of nitrogens with one attached hydrogen (secondary N) is 2. The van der Waals surface area contributed by atoms with Crippen LogP contribution in [0, 0.1) is 5.82 Å². The molecule has 26 heavy (non-hydrogen) atoms. The van der Waals surface area contributed by atoms with Crippen molar-refractivity contribution < 1.29 is 4.39 Å². The third kappa shape index (κ3) is 3.83. The molecule has 3 aromatic rings. The molecule has 136 valence electrons. The molecule has 1 aliphatic heterocycles. The number of halogens is 1. The number of aromatic nitrogens is 2. The van der Waals surface area contributed by atoms with Crippen LogP contribution < -0.4 is 10.9 Å². The highest BCUT2D eigenvalue weighted by molar-refractivity contribution is 5.79. The van der Waals surface area contributed by atoms with Gasteiger partial charge in [-0.1, -0.05) is 38.1 Å². The number of benzene rings is 2. The summed E-state index contributed by atoms with van der Waals surface area (Å²) in [5, 5.41) is 3.64. The van der Waals surface area contributed by atoms with Crippen LogP contribution in [0.15, 0.2) is 47.3 Å². The second-order valence-corrected chi connectivity index (χ2v) is 6.22. The summed E-state index contributed by atoms with van der Waals surface area (Å²) in [5.74, 6) is 0.664. The van der Waals surface area contributed by atoms with E-state index in [9.17, 15) is 9.18 Å². The minimum atomic E-state index is -0.436. The van der Waals surface area contributed by atoms with Crippen LogP contribution in [0.3, 0.4) is 0 Å². The molecule has 4 rings (SSSR count). The molecule has 1 saturated heterocycles. The van der Waals surface area contributed by atoms with E-state index in [0.29, 0.717) is 17.3 Å². The Bertz CT molecular complexity index is 928. The summed E-state index contributed by atoms with van der Waals surface area (Å²) >= 11 is 0. The molecule has 2 aromatic carbocycles. The first-order chi connectivity index (χ1) is 12.7. The quantitative estimate of drug-likeness (QED) is 0.725. The lowest BCUT2D eigenvalue weighted by Crippen LogP contribution is -2.26. The molecule has 5 heteroatoms. The topological polar surface area (TPSA) is 57.8 Å². The zero-order chi connectivity index (χ0) is 18.5. The lowest BCUT2D eigenvalue weighted by molar-refractivity contribution is 0.460. The Morgan fingerprint density at radius 3 is 2.42 bits per heavy atom. The van der Waals surface area contributed by atoms with Gasteiger partial charge in [0.25, 0.3) is 5.56 Å². The van der Waals surface area contributed by atoms with Crippen LogP contribution in [0.25, 0.3) is 22.3 Å². The van der Waals surface area contributed by atoms with Crippen molar-refractivity contribution in [3.8, 4) is 11.4 Å². The minimum absolute atomic E-state index is 0.269. The molecular formula is C21H24FN3O. The SMILES string of the molecule is CC.O=c1[nH]c(-c2ccc(C3CCNCC3)cc2)nc2ccc(F)cc12. The zero-order valence-corrected chi connectivity index (χ0v) is 15.2. The highest BCUT2D eigenvalue weighted by atomic mass is 19.1. The van der Waals surface area contributed by atoms with Gasteiger partial charge in [-0.2, -0.15) is 0 Å². The summed E-state index contributed by atoms with van der Waals surface area (Å²) in [6.45, 7) is 6.12. The first-order valence-electron chi connectivity index (χ1n) is 9.21. The van der Waals surface area contributed by atoms with Crippen LogP contribution >= 0.6 is 0 Å². The number of aromatic amines is 1. The molecule has 0 atom stereocenters. The molecule has 4 nitrogen and oxygen atoms in total. The summed E-state index contributed by atoms with van der Waals surface area (Å²) < 4.78 is 13.3. The van der Waals surface area contributed by atoms with E-state index in [1.54, 1.807) is 0 Å². The van der Waals surface area contributed by atoms with E-state index in [0.717, 1.165) is 31.5 Å². The summed E-state index contributed by atoms with van der Waals surface area (Å²) in [7, 11) is 0. The lowest BCUT2D eigenvalue weighted by Gasteiger charge is -2.23. The molecule has 0 radical (unpaired) electrons. The maximum Gasteiger partial charge on any atom is 0.259 e. The van der Waals surface area contributed by atoms with Gasteiger partial charge in [-0.3, -0.25) is 4.79 Å². The normalized spacial score (nSPS) is 14.7. The fourth-order valence-electron chi connectivity index (χ4n) is 3.32. The lowest BCUT2D eigenvalue weighted by atomic mass is 9.90. The predicted molar refractivity (Wildman–Crippen MR) is 104 cm³/mol. The van der Waals surface area contributed by atoms with Crippen LogP contribution in [0.2, 0.25) is 0 Å². The number of rotatable bonds is 2. The van der Waals surface area contributed by atoms with Gasteiger partial charge >= 0.3 is 0 Å². The van der Waals surface area contributed by atoms with Crippen molar-refractivity contribution in [1.82, 2.24) is 15.3 Å². The maximum atomic E-state index is 13.3. The molecule has 2 N–H and O–H groups in total. The predicted octanol–water partition coefficient (Wildman–Crippen LogP) is 4.22. The molecule has 0 saturated carbocycles. The van der Waals surface area contributed by atoms with Crippen LogP contribution in [-0.2, 0) is 0 Å². The minimum Gasteiger partial charge on any atom is -0.317 e. The Morgan fingerprint density at radius 1 is 1.04 bits per heavy atom. The number of H-pyrrole nitrogens is 1. The number of fused-ring (bicyclic) bond motifs is 1. The van der Waals surface area contributed by atoms with E-state index in [-0.39, 0.29) is 10.9 Å². The summed E-state index contributed by atoms with van der Waals surface area (Å²) in [6.07, 6.45) is 2.30. The molecular weight excluding hydrogens is 329 g/mol. The molecule has 1 aliphatic rings. The second kappa shape index (κ2) is 8.23. The Morgan fingerprint density at radius 2 is 1.73 bits per heavy atom. The van der Waals surface area contributed by atoms with Gasteiger partial charge < -0.3 is 10.3 Å². The fourth-order valence-corrected chi connectivity index (χ4v) is 3.32. The zero-order valence-electron chi connectivity index (χ0n) is 15.2. The Hall–Kier alpha value is -2.53. The van der Waals surface area contributed by atoms with E-state index in [1.165, 1.54) is 23.8 Å². The van der Waals surface area contributed by atoms with E-state index >= 15 is 0 Å². The van der Waals surface area contributed by atoms with Crippen LogP contribution in [0.4, 0.5) is 4.39 Å². The average Bonchev–Trinajstić information content (AvgIpc) is 2.71. The third-order valence-corrected chi connectivity index (χ3v) is 4.66. The van der Waals surface area contributed by atoms with Crippen LogP contribution in [0.5, 0.6) is 0 Å². The standard InChI is InChI=1S/C19H18FN3O.C2H6/c20-15-5-6-17-16(11-15)19(24)23-18(22-17)14-3-1-12(2-4-14)13-7-9-21-10-8-13;1-2/h1-6,11,13,21H,7-10H2,(H,22,23,24);1-2H3. The van der Waals surface area contributed by atoms with Crippen LogP contribution in [-0.4, -0.2) is 23.1 Å². The molecule has 1 aromatic heterocycles. The van der Waals surface area contributed by atoms with Crippen molar-refractivity contribution in [2.75, 3.05) is 13.1 Å². The number of hydrogen-bond donors (Lipinski definition) is 2. The number of piperidine rings is 1. The molecule has 2 heterocycles. The van der Waals surface area contributed by atoms with Crippen molar-refractivity contribution in [2.45, 2.75) is 32.6 Å². The first kappa shape index (κ1) is 18.3. The average molecular weight is 353 g/mol. The van der Waals surface area contributed by atoms with Gasteiger partial charge in [-0.25, -0.2) is 9.37 Å². The monoisotopic (exact) mass is 353 g/mol. The van der Waals surface area contributed by atoms with Gasteiger partial charge in [0.1, 0.15) is 11.6 Å². The Balaban J connectivity index is 0.000000948. The van der Waals surface area contributed by atoms with E-state index < -0.39 is 5.82 Å². The van der Waals surface area contributed by atoms with E-state index in [4.69, 9.17) is 0 Å². The Labute approximate surface area is 152 Å². The van der Waals surface area contributed by atoms with Gasteiger partial charge in [0.15, 0.2) is 0 Å². The maximum absolute atomic E-state index is 13.3. The molecule has 1 fully saturated rings. The van der Waals surface area contributed by atoms with E-state index in [1.807, 2.05) is 26.0 Å². The van der Waals surface area contributed by atoms with Crippen molar-refractivity contribution >= 4 is 10.9 Å². The van der Waals surface area contributed by atoms with Gasteiger partial charge in [-0.15, -0.1) is 0 Å². The van der Waals surface area contributed by atoms with Crippen molar-refractivity contribution in [3.63, 3.8) is 0 Å². The highest BCUT2D eigenvalue weighted by Crippen LogP contribution is 2.27. The number of nitrogens with zero attached hydrogens (tertiary/aromatic N) is 1. The second-order valence-electron chi connectivity index (χ2n) is 6.22. The highest BCUT2D eigenvalue weighted by Gasteiger charge is 2.15. The molecule has 0 amide bonds.